The fourth-order valence-electron chi connectivity index (χ4n) is 1.68. The first kappa shape index (κ1) is 14.5. The van der Waals surface area contributed by atoms with Crippen LogP contribution in [0.1, 0.15) is 11.1 Å². The number of anilines is 1. The number of nitrogen functional groups attached to an aromatic ring is 1. The minimum atomic E-state index is -3.46. The first-order valence-electron chi connectivity index (χ1n) is 6.01. The van der Waals surface area contributed by atoms with E-state index in [1.165, 1.54) is 24.3 Å². The second-order valence-electron chi connectivity index (χ2n) is 4.45. The van der Waals surface area contributed by atoms with Crippen LogP contribution >= 0.6 is 0 Å². The van der Waals surface area contributed by atoms with E-state index in [2.05, 4.69) is 4.72 Å². The zero-order valence-corrected chi connectivity index (χ0v) is 11.5. The molecule has 0 atom stereocenters. The van der Waals surface area contributed by atoms with Crippen LogP contribution in [0.5, 0.6) is 0 Å². The van der Waals surface area contributed by atoms with Crippen molar-refractivity contribution in [3.05, 3.63) is 65.5 Å². The Hall–Kier alpha value is -1.92. The van der Waals surface area contributed by atoms with Crippen molar-refractivity contribution in [2.75, 3.05) is 5.73 Å². The molecule has 0 radical (unpaired) electrons. The average Bonchev–Trinajstić information content (AvgIpc) is 2.41. The molecule has 20 heavy (non-hydrogen) atoms. The first-order chi connectivity index (χ1) is 9.44. The molecule has 4 nitrogen and oxygen atoms in total. The van der Waals surface area contributed by atoms with Gasteiger partial charge in [-0.2, -0.15) is 0 Å². The minimum absolute atomic E-state index is 0.178. The Morgan fingerprint density at radius 3 is 2.10 bits per heavy atom. The standard InChI is InChI=1S/C14H15FN2O2S/c15-13-5-1-12(2-6-13)10-20(18,19)17-9-11-3-7-14(16)8-4-11/h1-8,17H,9-10,16H2. The number of nitrogens with two attached hydrogens (primary N) is 1. The molecular formula is C14H15FN2O2S. The molecule has 0 amide bonds. The summed E-state index contributed by atoms with van der Waals surface area (Å²) in [5.74, 6) is -0.566. The van der Waals surface area contributed by atoms with Crippen molar-refractivity contribution in [2.24, 2.45) is 0 Å². The highest BCUT2D eigenvalue weighted by atomic mass is 32.2. The van der Waals surface area contributed by atoms with Crippen LogP contribution in [0.25, 0.3) is 0 Å². The predicted molar refractivity (Wildman–Crippen MR) is 76.7 cm³/mol. The quantitative estimate of drug-likeness (QED) is 0.829. The molecule has 0 heterocycles. The molecule has 0 saturated heterocycles. The van der Waals surface area contributed by atoms with Gasteiger partial charge < -0.3 is 5.73 Å². The summed E-state index contributed by atoms with van der Waals surface area (Å²) in [6.07, 6.45) is 0. The molecule has 0 aliphatic rings. The maximum absolute atomic E-state index is 12.7. The van der Waals surface area contributed by atoms with Crippen LogP contribution in [0.2, 0.25) is 0 Å². The second-order valence-corrected chi connectivity index (χ2v) is 6.26. The van der Waals surface area contributed by atoms with Crippen molar-refractivity contribution < 1.29 is 12.8 Å². The van der Waals surface area contributed by atoms with Gasteiger partial charge >= 0.3 is 0 Å². The molecule has 106 valence electrons. The molecular weight excluding hydrogens is 279 g/mol. The van der Waals surface area contributed by atoms with Crippen LogP contribution in [-0.4, -0.2) is 8.42 Å². The van der Waals surface area contributed by atoms with Gasteiger partial charge in [-0.05, 0) is 35.4 Å². The topological polar surface area (TPSA) is 72.2 Å². The zero-order valence-electron chi connectivity index (χ0n) is 10.7. The molecule has 2 rings (SSSR count). The zero-order chi connectivity index (χ0) is 14.6. The molecule has 6 heteroatoms. The Morgan fingerprint density at radius 1 is 0.950 bits per heavy atom. The summed E-state index contributed by atoms with van der Waals surface area (Å²) in [4.78, 5) is 0. The summed E-state index contributed by atoms with van der Waals surface area (Å²) < 4.78 is 39.0. The van der Waals surface area contributed by atoms with Gasteiger partial charge in [0.2, 0.25) is 10.0 Å². The third-order valence-corrected chi connectivity index (χ3v) is 4.04. The lowest BCUT2D eigenvalue weighted by Crippen LogP contribution is -2.24. The van der Waals surface area contributed by atoms with Gasteiger partial charge in [0.25, 0.3) is 0 Å². The second kappa shape index (κ2) is 6.02. The summed E-state index contributed by atoms with van der Waals surface area (Å²) in [6.45, 7) is 0.198. The molecule has 2 aromatic rings. The number of sulfonamides is 1. The lowest BCUT2D eigenvalue weighted by Gasteiger charge is -2.07. The van der Waals surface area contributed by atoms with Gasteiger partial charge in [0.15, 0.2) is 0 Å². The van der Waals surface area contributed by atoms with Gasteiger partial charge in [0.05, 0.1) is 5.75 Å². The number of halogens is 1. The largest absolute Gasteiger partial charge is 0.399 e. The summed E-state index contributed by atoms with van der Waals surface area (Å²) >= 11 is 0. The normalized spacial score (nSPS) is 11.4. The number of hydrogen-bond donors (Lipinski definition) is 2. The summed E-state index contributed by atoms with van der Waals surface area (Å²) in [5.41, 5.74) is 7.54. The van der Waals surface area contributed by atoms with Gasteiger partial charge in [-0.3, -0.25) is 0 Å². The maximum atomic E-state index is 12.7. The van der Waals surface area contributed by atoms with E-state index in [1.54, 1.807) is 24.3 Å². The Kier molecular flexibility index (Phi) is 4.36. The summed E-state index contributed by atoms with van der Waals surface area (Å²) in [5, 5.41) is 0. The maximum Gasteiger partial charge on any atom is 0.216 e. The van der Waals surface area contributed by atoms with E-state index in [1.807, 2.05) is 0 Å². The van der Waals surface area contributed by atoms with E-state index >= 15 is 0 Å². The predicted octanol–water partition coefficient (Wildman–Crippen LogP) is 2.03. The van der Waals surface area contributed by atoms with Crippen LogP contribution in [0, 0.1) is 5.82 Å². The molecule has 0 spiro atoms. The van der Waals surface area contributed by atoms with Crippen molar-refractivity contribution in [3.8, 4) is 0 Å². The van der Waals surface area contributed by atoms with Gasteiger partial charge in [0, 0.05) is 12.2 Å². The summed E-state index contributed by atoms with van der Waals surface area (Å²) in [7, 11) is -3.46. The Labute approximate surface area is 117 Å². The minimum Gasteiger partial charge on any atom is -0.399 e. The molecule has 0 aliphatic heterocycles. The van der Waals surface area contributed by atoms with Gasteiger partial charge in [0.1, 0.15) is 5.82 Å². The number of hydrogen-bond acceptors (Lipinski definition) is 3. The smallest absolute Gasteiger partial charge is 0.216 e. The lowest BCUT2D eigenvalue weighted by atomic mass is 10.2. The van der Waals surface area contributed by atoms with Crippen LogP contribution in [0.15, 0.2) is 48.5 Å². The molecule has 3 N–H and O–H groups in total. The Balaban J connectivity index is 1.97. The van der Waals surface area contributed by atoms with Gasteiger partial charge in [-0.25, -0.2) is 17.5 Å². The molecule has 0 unspecified atom stereocenters. The SMILES string of the molecule is Nc1ccc(CNS(=O)(=O)Cc2ccc(F)cc2)cc1. The van der Waals surface area contributed by atoms with Gasteiger partial charge in [-0.1, -0.05) is 24.3 Å². The average molecular weight is 294 g/mol. The summed E-state index contributed by atoms with van der Waals surface area (Å²) in [6, 6.07) is 12.3. The van der Waals surface area contributed by atoms with E-state index in [-0.39, 0.29) is 18.1 Å². The van der Waals surface area contributed by atoms with E-state index < -0.39 is 10.0 Å². The van der Waals surface area contributed by atoms with Gasteiger partial charge in [-0.15, -0.1) is 0 Å². The molecule has 0 bridgehead atoms. The van der Waals surface area contributed by atoms with E-state index in [9.17, 15) is 12.8 Å². The van der Waals surface area contributed by atoms with E-state index in [4.69, 9.17) is 5.73 Å². The molecule has 0 aliphatic carbocycles. The van der Waals surface area contributed by atoms with Crippen molar-refractivity contribution in [1.29, 1.82) is 0 Å². The van der Waals surface area contributed by atoms with Crippen molar-refractivity contribution in [2.45, 2.75) is 12.3 Å². The highest BCUT2D eigenvalue weighted by Crippen LogP contribution is 2.09. The highest BCUT2D eigenvalue weighted by molar-refractivity contribution is 7.88. The third kappa shape index (κ3) is 4.32. The Bertz CT molecular complexity index is 667. The van der Waals surface area contributed by atoms with Crippen LogP contribution in [0.3, 0.4) is 0 Å². The third-order valence-electron chi connectivity index (χ3n) is 2.75. The number of nitrogens with one attached hydrogen (secondary N) is 1. The molecule has 0 aromatic heterocycles. The monoisotopic (exact) mass is 294 g/mol. The highest BCUT2D eigenvalue weighted by Gasteiger charge is 2.11. The van der Waals surface area contributed by atoms with E-state index in [0.29, 0.717) is 11.3 Å². The van der Waals surface area contributed by atoms with Crippen molar-refractivity contribution in [1.82, 2.24) is 4.72 Å². The lowest BCUT2D eigenvalue weighted by molar-refractivity contribution is 0.580. The van der Waals surface area contributed by atoms with E-state index in [0.717, 1.165) is 5.56 Å². The van der Waals surface area contributed by atoms with Crippen molar-refractivity contribution in [3.63, 3.8) is 0 Å². The van der Waals surface area contributed by atoms with Crippen LogP contribution < -0.4 is 10.5 Å². The fourth-order valence-corrected chi connectivity index (χ4v) is 2.80. The number of rotatable bonds is 5. The van der Waals surface area contributed by atoms with Crippen LogP contribution in [-0.2, 0) is 22.3 Å². The first-order valence-corrected chi connectivity index (χ1v) is 7.66. The van der Waals surface area contributed by atoms with Crippen LogP contribution in [0.4, 0.5) is 10.1 Å². The molecule has 2 aromatic carbocycles. The number of benzene rings is 2. The van der Waals surface area contributed by atoms with Crippen molar-refractivity contribution >= 4 is 15.7 Å². The molecule has 0 fully saturated rings. The fraction of sp³-hybridized carbons (Fsp3) is 0.143. The Morgan fingerprint density at radius 2 is 1.50 bits per heavy atom. The molecule has 0 saturated carbocycles.